The van der Waals surface area contributed by atoms with Gasteiger partial charge in [-0.25, -0.2) is 0 Å². The highest BCUT2D eigenvalue weighted by Gasteiger charge is 2.25. The van der Waals surface area contributed by atoms with Gasteiger partial charge in [-0.05, 0) is 24.1 Å². The van der Waals surface area contributed by atoms with Gasteiger partial charge in [0, 0.05) is 17.4 Å². The Kier molecular flexibility index (Phi) is 4.67. The molecule has 0 amide bonds. The van der Waals surface area contributed by atoms with E-state index in [2.05, 4.69) is 6.07 Å². The number of thiophene rings is 1. The van der Waals surface area contributed by atoms with E-state index in [0.29, 0.717) is 6.42 Å². The summed E-state index contributed by atoms with van der Waals surface area (Å²) < 4.78 is 13.2. The molecule has 0 saturated heterocycles. The fraction of sp³-hybridized carbons (Fsp3) is 0.267. The molecule has 2 atom stereocenters. The molecule has 98 valence electrons. The number of halogens is 1. The molecule has 0 fully saturated rings. The zero-order valence-corrected chi connectivity index (χ0v) is 11.1. The molecule has 2 aromatic rings. The molecule has 1 N–H and O–H groups in total. The Morgan fingerprint density at radius 1 is 1.21 bits per heavy atom. The molecule has 2 rings (SSSR count). The quantitative estimate of drug-likeness (QED) is 0.905. The number of nitriles is 1. The number of rotatable bonds is 5. The molecular formula is C15H14FNOS. The molecular weight excluding hydrogens is 261 g/mol. The fourth-order valence-corrected chi connectivity index (χ4v) is 3.10. The van der Waals surface area contributed by atoms with Gasteiger partial charge in [-0.3, -0.25) is 0 Å². The predicted molar refractivity (Wildman–Crippen MR) is 73.5 cm³/mol. The van der Waals surface area contributed by atoms with Crippen LogP contribution < -0.4 is 0 Å². The van der Waals surface area contributed by atoms with Crippen molar-refractivity contribution in [3.8, 4) is 6.07 Å². The van der Waals surface area contributed by atoms with E-state index in [-0.39, 0.29) is 23.6 Å². The molecule has 0 aliphatic carbocycles. The van der Waals surface area contributed by atoms with E-state index in [0.717, 1.165) is 21.8 Å². The predicted octanol–water partition coefficient (Wildman–Crippen LogP) is 3.66. The minimum atomic E-state index is -0.369. The minimum Gasteiger partial charge on any atom is -0.396 e. The molecule has 4 heteroatoms. The van der Waals surface area contributed by atoms with Crippen molar-refractivity contribution in [1.29, 1.82) is 5.26 Å². The van der Waals surface area contributed by atoms with Crippen LogP contribution in [0.3, 0.4) is 0 Å². The Hall–Kier alpha value is -1.70. The van der Waals surface area contributed by atoms with E-state index in [1.54, 1.807) is 6.07 Å². The molecule has 0 aliphatic rings. The van der Waals surface area contributed by atoms with Crippen molar-refractivity contribution < 1.29 is 9.50 Å². The lowest BCUT2D eigenvalue weighted by molar-refractivity contribution is 0.273. The average Bonchev–Trinajstić information content (AvgIpc) is 2.86. The van der Waals surface area contributed by atoms with Crippen LogP contribution >= 0.6 is 11.3 Å². The molecule has 1 aromatic carbocycles. The summed E-state index contributed by atoms with van der Waals surface area (Å²) in [6.07, 6.45) is 0.451. The van der Waals surface area contributed by atoms with Crippen LogP contribution in [-0.2, 0) is 0 Å². The molecule has 0 saturated carbocycles. The van der Waals surface area contributed by atoms with Crippen LogP contribution in [0.4, 0.5) is 4.39 Å². The van der Waals surface area contributed by atoms with Crippen LogP contribution in [0.15, 0.2) is 42.5 Å². The lowest BCUT2D eigenvalue weighted by atomic mass is 9.84. The van der Waals surface area contributed by atoms with Crippen molar-refractivity contribution in [2.24, 2.45) is 0 Å². The Morgan fingerprint density at radius 2 is 1.95 bits per heavy atom. The van der Waals surface area contributed by atoms with Gasteiger partial charge in [-0.15, -0.1) is 11.3 Å². The highest BCUT2D eigenvalue weighted by atomic mass is 32.1. The molecule has 1 heterocycles. The normalized spacial score (nSPS) is 13.7. The second-order valence-electron chi connectivity index (χ2n) is 4.28. The Bertz CT molecular complexity index is 561. The van der Waals surface area contributed by atoms with Crippen LogP contribution in [-0.4, -0.2) is 11.7 Å². The largest absolute Gasteiger partial charge is 0.396 e. The lowest BCUT2D eigenvalue weighted by Crippen LogP contribution is -2.10. The second-order valence-corrected chi connectivity index (χ2v) is 5.34. The number of nitrogens with zero attached hydrogens (tertiary/aromatic N) is 1. The number of hydrogen-bond donors (Lipinski definition) is 1. The molecule has 0 bridgehead atoms. The van der Waals surface area contributed by atoms with E-state index < -0.39 is 0 Å². The molecule has 1 aromatic heterocycles. The van der Waals surface area contributed by atoms with Gasteiger partial charge < -0.3 is 5.11 Å². The standard InChI is InChI=1S/C15H14FNOS/c16-15-7-6-14(19-15)12(8-9-18)13(10-17)11-4-2-1-3-5-11/h1-7,12-13,18H,8-9H2/t12-,13+/m1/s1. The smallest absolute Gasteiger partial charge is 0.176 e. The summed E-state index contributed by atoms with van der Waals surface area (Å²) in [7, 11) is 0. The maximum atomic E-state index is 13.2. The maximum Gasteiger partial charge on any atom is 0.176 e. The van der Waals surface area contributed by atoms with Gasteiger partial charge in [-0.1, -0.05) is 30.3 Å². The van der Waals surface area contributed by atoms with Gasteiger partial charge in [0.1, 0.15) is 0 Å². The van der Waals surface area contributed by atoms with E-state index in [4.69, 9.17) is 0 Å². The highest BCUT2D eigenvalue weighted by Crippen LogP contribution is 2.38. The first-order valence-corrected chi connectivity index (χ1v) is 6.88. The average molecular weight is 275 g/mol. The maximum absolute atomic E-state index is 13.2. The summed E-state index contributed by atoms with van der Waals surface area (Å²) in [4.78, 5) is 0.807. The van der Waals surface area contributed by atoms with Gasteiger partial charge in [0.25, 0.3) is 0 Å². The molecule has 19 heavy (non-hydrogen) atoms. The van der Waals surface area contributed by atoms with Gasteiger partial charge in [-0.2, -0.15) is 9.65 Å². The first-order chi connectivity index (χ1) is 9.26. The first-order valence-electron chi connectivity index (χ1n) is 6.07. The second kappa shape index (κ2) is 6.46. The van der Waals surface area contributed by atoms with Crippen molar-refractivity contribution in [2.75, 3.05) is 6.61 Å². The van der Waals surface area contributed by atoms with Crippen molar-refractivity contribution >= 4 is 11.3 Å². The summed E-state index contributed by atoms with van der Waals surface area (Å²) in [5.41, 5.74) is 0.900. The third-order valence-electron chi connectivity index (χ3n) is 3.10. The first kappa shape index (κ1) is 13.7. The summed E-state index contributed by atoms with van der Waals surface area (Å²) in [6.45, 7) is -0.0187. The summed E-state index contributed by atoms with van der Waals surface area (Å²) in [6, 6.07) is 14.8. The Morgan fingerprint density at radius 3 is 2.47 bits per heavy atom. The van der Waals surface area contributed by atoms with Gasteiger partial charge >= 0.3 is 0 Å². The summed E-state index contributed by atoms with van der Waals surface area (Å²) in [5.74, 6) is -0.543. The topological polar surface area (TPSA) is 44.0 Å². The number of benzene rings is 1. The number of hydrogen-bond acceptors (Lipinski definition) is 3. The van der Waals surface area contributed by atoms with Crippen molar-refractivity contribution in [3.63, 3.8) is 0 Å². The minimum absolute atomic E-state index is 0.0187. The van der Waals surface area contributed by atoms with Crippen molar-refractivity contribution in [1.82, 2.24) is 0 Å². The van der Waals surface area contributed by atoms with Gasteiger partial charge in [0.15, 0.2) is 5.13 Å². The van der Waals surface area contributed by atoms with Crippen molar-refractivity contribution in [3.05, 3.63) is 58.0 Å². The summed E-state index contributed by atoms with van der Waals surface area (Å²) in [5, 5.41) is 18.4. The van der Waals surface area contributed by atoms with Gasteiger partial charge in [0.05, 0.1) is 12.0 Å². The zero-order valence-electron chi connectivity index (χ0n) is 10.3. The van der Waals surface area contributed by atoms with E-state index >= 15 is 0 Å². The lowest BCUT2D eigenvalue weighted by Gasteiger charge is -2.20. The molecule has 0 spiro atoms. The third kappa shape index (κ3) is 3.19. The van der Waals surface area contributed by atoms with Crippen LogP contribution in [0.2, 0.25) is 0 Å². The van der Waals surface area contributed by atoms with Crippen LogP contribution in [0, 0.1) is 16.5 Å². The highest BCUT2D eigenvalue weighted by molar-refractivity contribution is 7.10. The Balaban J connectivity index is 2.34. The number of aliphatic hydroxyl groups is 1. The van der Waals surface area contributed by atoms with E-state index in [1.165, 1.54) is 6.07 Å². The fourth-order valence-electron chi connectivity index (χ4n) is 2.20. The van der Waals surface area contributed by atoms with Crippen molar-refractivity contribution in [2.45, 2.75) is 18.3 Å². The Labute approximate surface area is 115 Å². The van der Waals surface area contributed by atoms with Gasteiger partial charge in [0.2, 0.25) is 0 Å². The van der Waals surface area contributed by atoms with Crippen LogP contribution in [0.5, 0.6) is 0 Å². The van der Waals surface area contributed by atoms with E-state index in [1.807, 2.05) is 30.3 Å². The molecule has 2 nitrogen and oxygen atoms in total. The zero-order chi connectivity index (χ0) is 13.7. The molecule has 0 aliphatic heterocycles. The van der Waals surface area contributed by atoms with E-state index in [9.17, 15) is 14.8 Å². The summed E-state index contributed by atoms with van der Waals surface area (Å²) >= 11 is 1.05. The SMILES string of the molecule is N#C[C@@H](c1ccccc1)[C@@H](CCO)c1ccc(F)s1. The van der Waals surface area contributed by atoms with Crippen LogP contribution in [0.25, 0.3) is 0 Å². The third-order valence-corrected chi connectivity index (χ3v) is 4.11. The molecule has 0 unspecified atom stereocenters. The molecule has 0 radical (unpaired) electrons. The number of aliphatic hydroxyl groups excluding tert-OH is 1. The monoisotopic (exact) mass is 275 g/mol. The van der Waals surface area contributed by atoms with Crippen LogP contribution in [0.1, 0.15) is 28.7 Å².